The van der Waals surface area contributed by atoms with Gasteiger partial charge in [0.15, 0.2) is 0 Å². The first kappa shape index (κ1) is 9.86. The number of hydrogen-bond acceptors (Lipinski definition) is 3. The highest BCUT2D eigenvalue weighted by Gasteiger charge is 2.09. The first-order chi connectivity index (χ1) is 7.18. The Kier molecular flexibility index (Phi) is 2.51. The number of nitrogens with zero attached hydrogens (tertiary/aromatic N) is 3. The van der Waals surface area contributed by atoms with Crippen LogP contribution in [0.5, 0.6) is 0 Å². The number of rotatable bonds is 2. The van der Waals surface area contributed by atoms with Crippen molar-refractivity contribution in [3.63, 3.8) is 0 Å². The number of fused-ring (bicyclic) bond motifs is 1. The van der Waals surface area contributed by atoms with Gasteiger partial charge in [-0.05, 0) is 26.2 Å². The second-order valence-electron chi connectivity index (χ2n) is 3.73. The van der Waals surface area contributed by atoms with Gasteiger partial charge in [0.05, 0.1) is 17.6 Å². The molecular formula is C11H13N3O. The van der Waals surface area contributed by atoms with E-state index in [1.807, 2.05) is 43.3 Å². The summed E-state index contributed by atoms with van der Waals surface area (Å²) in [5.74, 6) is 0.0358. The maximum absolute atomic E-state index is 11.8. The number of imidazole rings is 1. The van der Waals surface area contributed by atoms with Crippen LogP contribution < -0.4 is 0 Å². The van der Waals surface area contributed by atoms with E-state index < -0.39 is 0 Å². The zero-order valence-electron chi connectivity index (χ0n) is 8.84. The molecule has 0 amide bonds. The van der Waals surface area contributed by atoms with Crippen molar-refractivity contribution in [2.45, 2.75) is 0 Å². The lowest BCUT2D eigenvalue weighted by Crippen LogP contribution is -2.25. The van der Waals surface area contributed by atoms with Gasteiger partial charge in [-0.15, -0.1) is 0 Å². The van der Waals surface area contributed by atoms with E-state index in [1.54, 1.807) is 10.9 Å². The van der Waals surface area contributed by atoms with Gasteiger partial charge in [0, 0.05) is 0 Å². The van der Waals surface area contributed by atoms with Crippen LogP contribution in [-0.2, 0) is 0 Å². The molecule has 0 unspecified atom stereocenters. The molecule has 1 heterocycles. The summed E-state index contributed by atoms with van der Waals surface area (Å²) in [7, 11) is 3.74. The maximum Gasteiger partial charge on any atom is 0.246 e. The molecule has 4 heteroatoms. The Bertz CT molecular complexity index is 487. The SMILES string of the molecule is CN(C)CC(=O)n1cnc2ccccc21. The quantitative estimate of drug-likeness (QED) is 0.737. The first-order valence-electron chi connectivity index (χ1n) is 4.78. The lowest BCUT2D eigenvalue weighted by molar-refractivity contribution is 0.0881. The summed E-state index contributed by atoms with van der Waals surface area (Å²) in [6, 6.07) is 7.62. The van der Waals surface area contributed by atoms with Crippen LogP contribution >= 0.6 is 0 Å². The molecule has 0 N–H and O–H groups in total. The summed E-state index contributed by atoms with van der Waals surface area (Å²) in [4.78, 5) is 17.8. The molecule has 1 aromatic heterocycles. The first-order valence-corrected chi connectivity index (χ1v) is 4.78. The highest BCUT2D eigenvalue weighted by molar-refractivity contribution is 5.91. The Labute approximate surface area is 88.1 Å². The van der Waals surface area contributed by atoms with Gasteiger partial charge in [-0.2, -0.15) is 0 Å². The third kappa shape index (κ3) is 1.89. The van der Waals surface area contributed by atoms with Gasteiger partial charge in [0.25, 0.3) is 0 Å². The van der Waals surface area contributed by atoms with Crippen molar-refractivity contribution in [3.8, 4) is 0 Å². The summed E-state index contributed by atoms with van der Waals surface area (Å²) >= 11 is 0. The van der Waals surface area contributed by atoms with E-state index in [0.717, 1.165) is 11.0 Å². The van der Waals surface area contributed by atoms with Crippen LogP contribution in [0.2, 0.25) is 0 Å². The molecule has 0 aliphatic rings. The second kappa shape index (κ2) is 3.82. The Hall–Kier alpha value is -1.68. The predicted octanol–water partition coefficient (Wildman–Crippen LogP) is 1.24. The van der Waals surface area contributed by atoms with Crippen molar-refractivity contribution in [2.24, 2.45) is 0 Å². The minimum atomic E-state index is 0.0358. The normalized spacial score (nSPS) is 11.1. The Morgan fingerprint density at radius 1 is 1.40 bits per heavy atom. The summed E-state index contributed by atoms with van der Waals surface area (Å²) in [5, 5.41) is 0. The molecule has 0 aliphatic carbocycles. The zero-order valence-corrected chi connectivity index (χ0v) is 8.84. The van der Waals surface area contributed by atoms with Crippen molar-refractivity contribution in [1.29, 1.82) is 0 Å². The Balaban J connectivity index is 2.40. The van der Waals surface area contributed by atoms with E-state index in [2.05, 4.69) is 4.98 Å². The van der Waals surface area contributed by atoms with Crippen molar-refractivity contribution in [3.05, 3.63) is 30.6 Å². The van der Waals surface area contributed by atoms with E-state index in [9.17, 15) is 4.79 Å². The molecule has 0 aliphatic heterocycles. The molecule has 0 saturated carbocycles. The summed E-state index contributed by atoms with van der Waals surface area (Å²) in [5.41, 5.74) is 1.72. The van der Waals surface area contributed by atoms with Crippen molar-refractivity contribution in [1.82, 2.24) is 14.5 Å². The van der Waals surface area contributed by atoms with E-state index in [1.165, 1.54) is 0 Å². The molecular weight excluding hydrogens is 190 g/mol. The highest BCUT2D eigenvalue weighted by Crippen LogP contribution is 2.11. The smallest absolute Gasteiger partial charge is 0.246 e. The number of carbonyl (C=O) groups is 1. The monoisotopic (exact) mass is 203 g/mol. The Morgan fingerprint density at radius 3 is 2.87 bits per heavy atom. The fourth-order valence-corrected chi connectivity index (χ4v) is 1.50. The van der Waals surface area contributed by atoms with Crippen molar-refractivity contribution < 1.29 is 4.79 Å². The number of hydrogen-bond donors (Lipinski definition) is 0. The lowest BCUT2D eigenvalue weighted by atomic mass is 10.3. The van der Waals surface area contributed by atoms with Crippen LogP contribution in [0, 0.1) is 0 Å². The number of aromatic nitrogens is 2. The fourth-order valence-electron chi connectivity index (χ4n) is 1.50. The van der Waals surface area contributed by atoms with Crippen molar-refractivity contribution >= 4 is 16.9 Å². The maximum atomic E-state index is 11.8. The predicted molar refractivity (Wildman–Crippen MR) is 58.9 cm³/mol. The second-order valence-corrected chi connectivity index (χ2v) is 3.73. The molecule has 0 atom stereocenters. The van der Waals surface area contributed by atoms with Crippen LogP contribution in [0.1, 0.15) is 4.79 Å². The summed E-state index contributed by atoms with van der Waals surface area (Å²) in [6.45, 7) is 0.389. The standard InChI is InChI=1S/C11H13N3O/c1-13(2)7-11(15)14-8-12-9-5-3-4-6-10(9)14/h3-6,8H,7H2,1-2H3. The number of carbonyl (C=O) groups excluding carboxylic acids is 1. The van der Waals surface area contributed by atoms with E-state index >= 15 is 0 Å². The number of benzene rings is 1. The van der Waals surface area contributed by atoms with Gasteiger partial charge in [0.1, 0.15) is 6.33 Å². The molecule has 0 bridgehead atoms. The van der Waals surface area contributed by atoms with Gasteiger partial charge in [-0.3, -0.25) is 9.36 Å². The molecule has 15 heavy (non-hydrogen) atoms. The highest BCUT2D eigenvalue weighted by atomic mass is 16.2. The van der Waals surface area contributed by atoms with E-state index in [-0.39, 0.29) is 5.91 Å². The fraction of sp³-hybridized carbons (Fsp3) is 0.273. The van der Waals surface area contributed by atoms with Gasteiger partial charge < -0.3 is 4.90 Å². The topological polar surface area (TPSA) is 38.1 Å². The molecule has 0 saturated heterocycles. The Morgan fingerprint density at radius 2 is 2.13 bits per heavy atom. The molecule has 2 aromatic rings. The summed E-state index contributed by atoms with van der Waals surface area (Å²) < 4.78 is 1.59. The number of para-hydroxylation sites is 2. The molecule has 1 aromatic carbocycles. The van der Waals surface area contributed by atoms with Crippen LogP contribution in [-0.4, -0.2) is 41.0 Å². The van der Waals surface area contributed by atoms with Crippen LogP contribution in [0.15, 0.2) is 30.6 Å². The summed E-state index contributed by atoms with van der Waals surface area (Å²) in [6.07, 6.45) is 1.58. The zero-order chi connectivity index (χ0) is 10.8. The molecule has 2 rings (SSSR count). The van der Waals surface area contributed by atoms with Crippen LogP contribution in [0.25, 0.3) is 11.0 Å². The molecule has 0 spiro atoms. The van der Waals surface area contributed by atoms with Gasteiger partial charge in [-0.25, -0.2) is 4.98 Å². The largest absolute Gasteiger partial charge is 0.301 e. The van der Waals surface area contributed by atoms with Gasteiger partial charge in [0.2, 0.25) is 5.91 Å². The lowest BCUT2D eigenvalue weighted by Gasteiger charge is -2.08. The van der Waals surface area contributed by atoms with E-state index in [0.29, 0.717) is 6.54 Å². The minimum absolute atomic E-state index is 0.0358. The van der Waals surface area contributed by atoms with Crippen LogP contribution in [0.4, 0.5) is 0 Å². The van der Waals surface area contributed by atoms with E-state index in [4.69, 9.17) is 0 Å². The average molecular weight is 203 g/mol. The molecule has 78 valence electrons. The third-order valence-electron chi connectivity index (χ3n) is 2.17. The third-order valence-corrected chi connectivity index (χ3v) is 2.17. The van der Waals surface area contributed by atoms with Gasteiger partial charge >= 0.3 is 0 Å². The molecule has 0 fully saturated rings. The van der Waals surface area contributed by atoms with Gasteiger partial charge in [-0.1, -0.05) is 12.1 Å². The van der Waals surface area contributed by atoms with Crippen LogP contribution in [0.3, 0.4) is 0 Å². The molecule has 4 nitrogen and oxygen atoms in total. The average Bonchev–Trinajstić information content (AvgIpc) is 2.59. The minimum Gasteiger partial charge on any atom is -0.301 e. The number of likely N-dealkylation sites (N-methyl/N-ethyl adjacent to an activating group) is 1. The molecule has 0 radical (unpaired) electrons. The van der Waals surface area contributed by atoms with Crippen molar-refractivity contribution in [2.75, 3.05) is 20.6 Å².